The maximum absolute atomic E-state index is 12.5. The molecule has 0 aliphatic heterocycles. The highest BCUT2D eigenvalue weighted by molar-refractivity contribution is 7.21. The predicted molar refractivity (Wildman–Crippen MR) is 94.2 cm³/mol. The lowest BCUT2D eigenvalue weighted by Gasteiger charge is -2.11. The van der Waals surface area contributed by atoms with Gasteiger partial charge in [-0.15, -0.1) is 22.7 Å². The smallest absolute Gasteiger partial charge is 0.386 e. The average molecular weight is 398 g/mol. The van der Waals surface area contributed by atoms with Gasteiger partial charge in [-0.25, -0.2) is 0 Å². The number of aromatic nitrogens is 1. The first-order valence-electron chi connectivity index (χ1n) is 7.48. The van der Waals surface area contributed by atoms with E-state index in [1.54, 1.807) is 17.4 Å². The number of halogens is 3. The van der Waals surface area contributed by atoms with E-state index in [0.29, 0.717) is 4.88 Å². The summed E-state index contributed by atoms with van der Waals surface area (Å²) in [5, 5.41) is 14.7. The summed E-state index contributed by atoms with van der Waals surface area (Å²) in [4.78, 5) is 18.0. The van der Waals surface area contributed by atoms with Gasteiger partial charge in [0.15, 0.2) is 0 Å². The summed E-state index contributed by atoms with van der Waals surface area (Å²) >= 11 is 3.01. The third-order valence-corrected chi connectivity index (χ3v) is 5.74. The molecule has 0 aliphatic carbocycles. The van der Waals surface area contributed by atoms with Gasteiger partial charge in [-0.1, -0.05) is 6.07 Å². The van der Waals surface area contributed by atoms with Crippen LogP contribution in [0.25, 0.3) is 9.75 Å². The second-order valence-corrected chi connectivity index (χ2v) is 7.40. The molecule has 3 aromatic rings. The van der Waals surface area contributed by atoms with Crippen LogP contribution in [0.3, 0.4) is 0 Å². The largest absolute Gasteiger partial charge is 0.433 e. The topological polar surface area (TPSA) is 62.2 Å². The number of thiophene rings is 2. The number of alkyl halides is 3. The molecule has 0 unspecified atom stereocenters. The van der Waals surface area contributed by atoms with Crippen LogP contribution >= 0.6 is 22.7 Å². The van der Waals surface area contributed by atoms with Gasteiger partial charge >= 0.3 is 6.18 Å². The van der Waals surface area contributed by atoms with Crippen LogP contribution in [0.5, 0.6) is 0 Å². The molecule has 1 amide bonds. The number of hydrogen-bond donors (Lipinski definition) is 2. The number of amides is 1. The van der Waals surface area contributed by atoms with Crippen LogP contribution in [0.2, 0.25) is 0 Å². The van der Waals surface area contributed by atoms with Gasteiger partial charge in [0.1, 0.15) is 11.8 Å². The van der Waals surface area contributed by atoms with E-state index in [1.807, 2.05) is 23.6 Å². The molecule has 9 heteroatoms. The molecule has 3 rings (SSSR count). The number of nitrogens with zero attached hydrogens (tertiary/aromatic N) is 1. The molecule has 0 bridgehead atoms. The Labute approximate surface area is 155 Å². The Balaban J connectivity index is 1.59. The molecule has 3 aromatic heterocycles. The highest BCUT2D eigenvalue weighted by atomic mass is 32.1. The second kappa shape index (κ2) is 7.56. The summed E-state index contributed by atoms with van der Waals surface area (Å²) in [5.41, 5.74) is -1.07. The standard InChI is InChI=1S/C17H13F3N2O2S2/c18-17(19,20)15-6-3-10(8-21-15)16(24)22-9-11(23)12-4-5-14(26-12)13-2-1-7-25-13/h1-8,11,23H,9H2,(H,22,24)/t11-/m0/s1. The molecule has 0 saturated heterocycles. The number of hydrogen-bond acceptors (Lipinski definition) is 5. The Bertz CT molecular complexity index is 874. The van der Waals surface area contributed by atoms with E-state index in [-0.39, 0.29) is 12.1 Å². The van der Waals surface area contributed by atoms with E-state index < -0.39 is 23.9 Å². The van der Waals surface area contributed by atoms with Gasteiger partial charge < -0.3 is 10.4 Å². The van der Waals surface area contributed by atoms with Gasteiger partial charge in [-0.05, 0) is 35.7 Å². The lowest BCUT2D eigenvalue weighted by atomic mass is 10.2. The van der Waals surface area contributed by atoms with Crippen molar-refractivity contribution in [2.24, 2.45) is 0 Å². The first-order valence-corrected chi connectivity index (χ1v) is 9.17. The van der Waals surface area contributed by atoms with E-state index in [1.165, 1.54) is 11.3 Å². The molecule has 26 heavy (non-hydrogen) atoms. The lowest BCUT2D eigenvalue weighted by Crippen LogP contribution is -2.28. The Morgan fingerprint density at radius 1 is 1.19 bits per heavy atom. The van der Waals surface area contributed by atoms with Crippen LogP contribution in [-0.2, 0) is 6.18 Å². The van der Waals surface area contributed by atoms with Crippen LogP contribution in [0.15, 0.2) is 48.0 Å². The van der Waals surface area contributed by atoms with E-state index >= 15 is 0 Å². The van der Waals surface area contributed by atoms with Crippen molar-refractivity contribution in [1.82, 2.24) is 10.3 Å². The predicted octanol–water partition coefficient (Wildman–Crippen LogP) is 4.35. The summed E-state index contributed by atoms with van der Waals surface area (Å²) in [7, 11) is 0. The van der Waals surface area contributed by atoms with E-state index in [0.717, 1.165) is 28.1 Å². The monoisotopic (exact) mass is 398 g/mol. The van der Waals surface area contributed by atoms with Crippen molar-refractivity contribution in [2.45, 2.75) is 12.3 Å². The second-order valence-electron chi connectivity index (χ2n) is 5.34. The fourth-order valence-corrected chi connectivity index (χ4v) is 4.00. The molecule has 0 fully saturated rings. The molecule has 4 nitrogen and oxygen atoms in total. The van der Waals surface area contributed by atoms with Crippen molar-refractivity contribution in [3.8, 4) is 9.75 Å². The van der Waals surface area contributed by atoms with Gasteiger partial charge in [-0.3, -0.25) is 9.78 Å². The molecule has 0 spiro atoms. The minimum Gasteiger partial charge on any atom is -0.386 e. The minimum absolute atomic E-state index is 0.00402. The molecule has 1 atom stereocenters. The molecular weight excluding hydrogens is 385 g/mol. The first-order chi connectivity index (χ1) is 12.3. The van der Waals surface area contributed by atoms with Crippen LogP contribution in [0.1, 0.15) is 27.0 Å². The summed E-state index contributed by atoms with van der Waals surface area (Å²) in [6.07, 6.45) is -4.59. The number of pyridine rings is 1. The van der Waals surface area contributed by atoms with Gasteiger partial charge in [0.05, 0.1) is 5.56 Å². The van der Waals surface area contributed by atoms with Crippen LogP contribution in [0.4, 0.5) is 13.2 Å². The van der Waals surface area contributed by atoms with Crippen molar-refractivity contribution in [3.05, 3.63) is 64.1 Å². The van der Waals surface area contributed by atoms with Crippen LogP contribution in [-0.4, -0.2) is 22.5 Å². The van der Waals surface area contributed by atoms with Gasteiger partial charge in [-0.2, -0.15) is 13.2 Å². The number of rotatable bonds is 5. The molecule has 2 N–H and O–H groups in total. The number of aliphatic hydroxyl groups excluding tert-OH is 1. The Kier molecular flexibility index (Phi) is 5.40. The molecule has 136 valence electrons. The zero-order valence-corrected chi connectivity index (χ0v) is 14.8. The minimum atomic E-state index is -4.55. The van der Waals surface area contributed by atoms with Crippen molar-refractivity contribution >= 4 is 28.6 Å². The number of nitrogens with one attached hydrogen (secondary N) is 1. The zero-order chi connectivity index (χ0) is 18.7. The normalized spacial score (nSPS) is 12.8. The van der Waals surface area contributed by atoms with Crippen LogP contribution < -0.4 is 5.32 Å². The summed E-state index contributed by atoms with van der Waals surface area (Å²) in [5.74, 6) is -0.597. The molecule has 0 radical (unpaired) electrons. The summed E-state index contributed by atoms with van der Waals surface area (Å²) in [6, 6.07) is 9.41. The molecule has 0 saturated carbocycles. The first kappa shape index (κ1) is 18.6. The van der Waals surface area contributed by atoms with Crippen molar-refractivity contribution in [2.75, 3.05) is 6.54 Å². The molecule has 3 heterocycles. The van der Waals surface area contributed by atoms with Crippen molar-refractivity contribution < 1.29 is 23.1 Å². The summed E-state index contributed by atoms with van der Waals surface area (Å²) < 4.78 is 37.4. The molecular formula is C17H13F3N2O2S2. The third-order valence-electron chi connectivity index (χ3n) is 3.49. The van der Waals surface area contributed by atoms with Gasteiger partial charge in [0, 0.05) is 27.4 Å². The SMILES string of the molecule is O=C(NC[C@H](O)c1ccc(-c2cccs2)s1)c1ccc(C(F)(F)F)nc1. The summed E-state index contributed by atoms with van der Waals surface area (Å²) in [6.45, 7) is -0.0513. The average Bonchev–Trinajstić information content (AvgIpc) is 3.29. The molecule has 0 aromatic carbocycles. The van der Waals surface area contributed by atoms with Crippen LogP contribution in [0, 0.1) is 0 Å². The number of carbonyl (C=O) groups excluding carboxylic acids is 1. The lowest BCUT2D eigenvalue weighted by molar-refractivity contribution is -0.141. The highest BCUT2D eigenvalue weighted by Crippen LogP contribution is 2.34. The fraction of sp³-hybridized carbons (Fsp3) is 0.176. The van der Waals surface area contributed by atoms with Crippen molar-refractivity contribution in [3.63, 3.8) is 0 Å². The zero-order valence-electron chi connectivity index (χ0n) is 13.2. The Morgan fingerprint density at radius 3 is 2.62 bits per heavy atom. The third kappa shape index (κ3) is 4.29. The van der Waals surface area contributed by atoms with Gasteiger partial charge in [0.2, 0.25) is 0 Å². The number of aliphatic hydroxyl groups is 1. The van der Waals surface area contributed by atoms with E-state index in [4.69, 9.17) is 0 Å². The number of carbonyl (C=O) groups is 1. The van der Waals surface area contributed by atoms with Gasteiger partial charge in [0.25, 0.3) is 5.91 Å². The maximum Gasteiger partial charge on any atom is 0.433 e. The Morgan fingerprint density at radius 2 is 2.00 bits per heavy atom. The van der Waals surface area contributed by atoms with E-state index in [2.05, 4.69) is 10.3 Å². The molecule has 0 aliphatic rings. The Hall–Kier alpha value is -2.23. The quantitative estimate of drug-likeness (QED) is 0.672. The fourth-order valence-electron chi connectivity index (χ4n) is 2.17. The highest BCUT2D eigenvalue weighted by Gasteiger charge is 2.32. The maximum atomic E-state index is 12.5. The van der Waals surface area contributed by atoms with E-state index in [9.17, 15) is 23.1 Å². The van der Waals surface area contributed by atoms with Crippen molar-refractivity contribution in [1.29, 1.82) is 0 Å².